The van der Waals surface area contributed by atoms with Crippen molar-refractivity contribution in [2.45, 2.75) is 33.2 Å². The van der Waals surface area contributed by atoms with Gasteiger partial charge in [-0.2, -0.15) is 10.1 Å². The smallest absolute Gasteiger partial charge is 0.229 e. The van der Waals surface area contributed by atoms with Gasteiger partial charge in [-0.1, -0.05) is 6.92 Å². The number of aromatic nitrogens is 4. The fourth-order valence-electron chi connectivity index (χ4n) is 3.94. The molecule has 1 aliphatic heterocycles. The molecule has 31 heavy (non-hydrogen) atoms. The van der Waals surface area contributed by atoms with Crippen LogP contribution in [0.3, 0.4) is 0 Å². The van der Waals surface area contributed by atoms with E-state index in [2.05, 4.69) is 37.5 Å². The number of methoxy groups -OCH3 is 1. The average molecular weight is 426 g/mol. The summed E-state index contributed by atoms with van der Waals surface area (Å²) in [4.78, 5) is 11.1. The Balaban J connectivity index is 1.76. The van der Waals surface area contributed by atoms with E-state index in [1.165, 1.54) is 7.11 Å². The molecule has 2 aromatic heterocycles. The van der Waals surface area contributed by atoms with Gasteiger partial charge >= 0.3 is 0 Å². The highest BCUT2D eigenvalue weighted by Crippen LogP contribution is 2.34. The van der Waals surface area contributed by atoms with E-state index < -0.39 is 5.82 Å². The van der Waals surface area contributed by atoms with Crippen molar-refractivity contribution in [3.63, 3.8) is 0 Å². The number of rotatable bonds is 6. The van der Waals surface area contributed by atoms with Crippen LogP contribution in [0.1, 0.15) is 30.3 Å². The number of nitrogens with one attached hydrogen (secondary N) is 2. The van der Waals surface area contributed by atoms with Crippen LogP contribution in [0.2, 0.25) is 0 Å². The van der Waals surface area contributed by atoms with Gasteiger partial charge in [-0.15, -0.1) is 0 Å². The molecule has 9 heteroatoms. The van der Waals surface area contributed by atoms with Gasteiger partial charge in [-0.05, 0) is 45.0 Å². The Morgan fingerprint density at radius 3 is 2.84 bits per heavy atom. The molecule has 2 N–H and O–H groups in total. The molecule has 0 aliphatic carbocycles. The van der Waals surface area contributed by atoms with E-state index in [1.54, 1.807) is 23.9 Å². The summed E-state index contributed by atoms with van der Waals surface area (Å²) in [5, 5.41) is 10.5. The van der Waals surface area contributed by atoms with Crippen LogP contribution in [0.25, 0.3) is 5.69 Å². The first-order valence-electron chi connectivity index (χ1n) is 10.5. The Morgan fingerprint density at radius 2 is 2.10 bits per heavy atom. The summed E-state index contributed by atoms with van der Waals surface area (Å²) in [5.41, 5.74) is 3.47. The highest BCUT2D eigenvalue weighted by molar-refractivity contribution is 5.64. The molecule has 8 nitrogen and oxygen atoms in total. The minimum Gasteiger partial charge on any atom is -0.494 e. The summed E-state index contributed by atoms with van der Waals surface area (Å²) in [5.74, 6) is 0.934. The van der Waals surface area contributed by atoms with Gasteiger partial charge in [0.25, 0.3) is 0 Å². The first-order chi connectivity index (χ1) is 15.0. The minimum absolute atomic E-state index is 0.261. The lowest BCUT2D eigenvalue weighted by atomic mass is 10.1. The highest BCUT2D eigenvalue weighted by Gasteiger charge is 2.24. The Labute approximate surface area is 181 Å². The second kappa shape index (κ2) is 8.89. The average Bonchev–Trinajstić information content (AvgIpc) is 3.03. The number of anilines is 3. The number of hydrogen-bond acceptors (Lipinski definition) is 7. The van der Waals surface area contributed by atoms with Gasteiger partial charge < -0.3 is 15.4 Å². The van der Waals surface area contributed by atoms with E-state index in [1.807, 2.05) is 19.2 Å². The quantitative estimate of drug-likeness (QED) is 0.624. The van der Waals surface area contributed by atoms with Gasteiger partial charge in [0.1, 0.15) is 17.3 Å². The van der Waals surface area contributed by atoms with E-state index in [0.717, 1.165) is 49.4 Å². The van der Waals surface area contributed by atoms with Crippen molar-refractivity contribution < 1.29 is 9.13 Å². The van der Waals surface area contributed by atoms with Crippen molar-refractivity contribution >= 4 is 17.5 Å². The molecule has 0 saturated heterocycles. The Kier molecular flexibility index (Phi) is 6.03. The summed E-state index contributed by atoms with van der Waals surface area (Å²) >= 11 is 0. The molecule has 0 unspecified atom stereocenters. The first-order valence-corrected chi connectivity index (χ1v) is 10.5. The number of fused-ring (bicyclic) bond motifs is 1. The van der Waals surface area contributed by atoms with Crippen LogP contribution in [-0.2, 0) is 13.0 Å². The Hall–Kier alpha value is -3.20. The lowest BCUT2D eigenvalue weighted by Gasteiger charge is -2.16. The Bertz CT molecular complexity index is 1080. The predicted molar refractivity (Wildman–Crippen MR) is 119 cm³/mol. The molecule has 0 saturated carbocycles. The summed E-state index contributed by atoms with van der Waals surface area (Å²) in [6.07, 6.45) is 3.67. The second-order valence-electron chi connectivity index (χ2n) is 7.57. The van der Waals surface area contributed by atoms with Crippen molar-refractivity contribution in [3.8, 4) is 11.4 Å². The monoisotopic (exact) mass is 425 g/mol. The Morgan fingerprint density at radius 1 is 1.26 bits per heavy atom. The topological polar surface area (TPSA) is 80.1 Å². The third kappa shape index (κ3) is 4.18. The standard InChI is InChI=1S/C22H28FN7O/c1-5-29-10-6-7-17-15(13-29)12-25-30(17)21-18(31-4)9-8-16(20(21)23)27-22-26-14(2)11-19(24-3)28-22/h8-9,11-12H,5-7,10,13H2,1-4H3,(H2,24,26,27,28). The maximum atomic E-state index is 15.8. The third-order valence-electron chi connectivity index (χ3n) is 5.55. The molecule has 3 aromatic rings. The molecule has 0 bridgehead atoms. The van der Waals surface area contributed by atoms with Gasteiger partial charge in [-0.25, -0.2) is 14.1 Å². The molecule has 0 amide bonds. The molecule has 1 aliphatic rings. The number of benzene rings is 1. The zero-order chi connectivity index (χ0) is 22.0. The number of ether oxygens (including phenoxy) is 1. The molecule has 0 fully saturated rings. The maximum absolute atomic E-state index is 15.8. The van der Waals surface area contributed by atoms with Crippen molar-refractivity contribution in [3.05, 3.63) is 47.2 Å². The van der Waals surface area contributed by atoms with E-state index in [0.29, 0.717) is 23.2 Å². The van der Waals surface area contributed by atoms with Crippen LogP contribution >= 0.6 is 0 Å². The van der Waals surface area contributed by atoms with Crippen LogP contribution < -0.4 is 15.4 Å². The van der Waals surface area contributed by atoms with Crippen LogP contribution in [0.5, 0.6) is 5.75 Å². The molecular weight excluding hydrogens is 397 g/mol. The number of nitrogens with zero attached hydrogens (tertiary/aromatic N) is 5. The molecule has 1 aromatic carbocycles. The number of halogens is 1. The van der Waals surface area contributed by atoms with Crippen LogP contribution in [0, 0.1) is 12.7 Å². The maximum Gasteiger partial charge on any atom is 0.229 e. The molecule has 0 radical (unpaired) electrons. The fourth-order valence-corrected chi connectivity index (χ4v) is 3.94. The van der Waals surface area contributed by atoms with Crippen molar-refractivity contribution in [1.29, 1.82) is 0 Å². The molecule has 3 heterocycles. The summed E-state index contributed by atoms with van der Waals surface area (Å²) in [6.45, 7) is 6.83. The van der Waals surface area contributed by atoms with Gasteiger partial charge in [0.05, 0.1) is 19.0 Å². The van der Waals surface area contributed by atoms with E-state index in [-0.39, 0.29) is 5.69 Å². The third-order valence-corrected chi connectivity index (χ3v) is 5.55. The molecule has 4 rings (SSSR count). The largest absolute Gasteiger partial charge is 0.494 e. The predicted octanol–water partition coefficient (Wildman–Crippen LogP) is 3.67. The number of hydrogen-bond donors (Lipinski definition) is 2. The van der Waals surface area contributed by atoms with E-state index in [9.17, 15) is 0 Å². The minimum atomic E-state index is -0.460. The SMILES string of the molecule is CCN1CCCc2c(cnn2-c2c(OC)ccc(Nc3nc(C)cc(NC)n3)c2F)C1. The van der Waals surface area contributed by atoms with E-state index >= 15 is 4.39 Å². The van der Waals surface area contributed by atoms with Gasteiger partial charge in [0.2, 0.25) is 5.95 Å². The van der Waals surface area contributed by atoms with Crippen LogP contribution in [0.4, 0.5) is 21.8 Å². The summed E-state index contributed by atoms with van der Waals surface area (Å²) < 4.78 is 23.0. The van der Waals surface area contributed by atoms with Gasteiger partial charge in [0.15, 0.2) is 5.82 Å². The number of aryl methyl sites for hydroxylation is 1. The normalized spacial score (nSPS) is 14.1. The van der Waals surface area contributed by atoms with E-state index in [4.69, 9.17) is 4.74 Å². The van der Waals surface area contributed by atoms with Gasteiger partial charge in [-0.3, -0.25) is 4.90 Å². The van der Waals surface area contributed by atoms with Crippen molar-refractivity contribution in [2.24, 2.45) is 0 Å². The molecule has 0 atom stereocenters. The van der Waals surface area contributed by atoms with Crippen molar-refractivity contribution in [2.75, 3.05) is 37.9 Å². The summed E-state index contributed by atoms with van der Waals surface area (Å²) in [7, 11) is 3.32. The van der Waals surface area contributed by atoms with Gasteiger partial charge in [0, 0.05) is 36.6 Å². The van der Waals surface area contributed by atoms with Crippen LogP contribution in [0.15, 0.2) is 24.4 Å². The second-order valence-corrected chi connectivity index (χ2v) is 7.57. The lowest BCUT2D eigenvalue weighted by Crippen LogP contribution is -2.22. The van der Waals surface area contributed by atoms with Crippen LogP contribution in [-0.4, -0.2) is 51.9 Å². The molecule has 164 valence electrons. The molecule has 0 spiro atoms. The first kappa shape index (κ1) is 21.0. The summed E-state index contributed by atoms with van der Waals surface area (Å²) in [6, 6.07) is 5.18. The lowest BCUT2D eigenvalue weighted by molar-refractivity contribution is 0.284. The molecular formula is C22H28FN7O. The van der Waals surface area contributed by atoms with Crippen molar-refractivity contribution in [1.82, 2.24) is 24.6 Å². The fraction of sp³-hybridized carbons (Fsp3) is 0.409. The highest BCUT2D eigenvalue weighted by atomic mass is 19.1. The zero-order valence-electron chi connectivity index (χ0n) is 18.4. The zero-order valence-corrected chi connectivity index (χ0v) is 18.4.